The van der Waals surface area contributed by atoms with Crippen molar-refractivity contribution in [1.82, 2.24) is 4.90 Å². The van der Waals surface area contributed by atoms with E-state index in [4.69, 9.17) is 9.15 Å². The van der Waals surface area contributed by atoms with Crippen molar-refractivity contribution in [3.05, 3.63) is 22.6 Å². The third kappa shape index (κ3) is 2.94. The number of ether oxygens (including phenoxy) is 1. The van der Waals surface area contributed by atoms with E-state index in [-0.39, 0.29) is 23.2 Å². The van der Waals surface area contributed by atoms with Gasteiger partial charge in [0.1, 0.15) is 23.2 Å². The molecule has 1 aromatic rings. The number of aryl methyl sites for hydroxylation is 2. The first kappa shape index (κ1) is 17.1. The molecule has 2 rings (SSSR count). The van der Waals surface area contributed by atoms with Crippen LogP contribution < -0.4 is 0 Å². The predicted octanol–water partition coefficient (Wildman–Crippen LogP) is 4.01. The van der Waals surface area contributed by atoms with Crippen LogP contribution in [0.4, 0.5) is 0 Å². The van der Waals surface area contributed by atoms with Crippen molar-refractivity contribution < 1.29 is 13.9 Å². The van der Waals surface area contributed by atoms with Gasteiger partial charge in [-0.05, 0) is 55.5 Å². The van der Waals surface area contributed by atoms with Gasteiger partial charge in [0, 0.05) is 29.5 Å². The fourth-order valence-electron chi connectivity index (χ4n) is 3.67. The summed E-state index contributed by atoms with van der Waals surface area (Å²) in [5.41, 5.74) is 1.48. The summed E-state index contributed by atoms with van der Waals surface area (Å²) in [5.74, 6) is 1.17. The third-order valence-electron chi connectivity index (χ3n) is 5.31. The van der Waals surface area contributed by atoms with Gasteiger partial charge in [-0.1, -0.05) is 0 Å². The van der Waals surface area contributed by atoms with Gasteiger partial charge in [-0.2, -0.15) is 0 Å². The molecular weight excluding hydrogens is 278 g/mol. The number of piperidine rings is 1. The van der Waals surface area contributed by atoms with Crippen LogP contribution in [0.5, 0.6) is 0 Å². The topological polar surface area (TPSA) is 42.7 Å². The minimum absolute atomic E-state index is 0.00307. The molecule has 124 valence electrons. The van der Waals surface area contributed by atoms with Crippen LogP contribution >= 0.6 is 0 Å². The monoisotopic (exact) mass is 307 g/mol. The van der Waals surface area contributed by atoms with Crippen LogP contribution in [0, 0.1) is 20.8 Å². The van der Waals surface area contributed by atoms with E-state index in [9.17, 15) is 4.79 Å². The summed E-state index contributed by atoms with van der Waals surface area (Å²) in [5, 5.41) is 0. The zero-order valence-corrected chi connectivity index (χ0v) is 15.2. The van der Waals surface area contributed by atoms with Gasteiger partial charge in [0.25, 0.3) is 0 Å². The van der Waals surface area contributed by atoms with E-state index in [2.05, 4.69) is 39.6 Å². The largest absolute Gasteiger partial charge is 0.465 e. The molecule has 0 amide bonds. The average Bonchev–Trinajstić information content (AvgIpc) is 2.59. The molecule has 0 radical (unpaired) electrons. The van der Waals surface area contributed by atoms with E-state index >= 15 is 0 Å². The first-order valence-electron chi connectivity index (χ1n) is 7.97. The number of hydrogen-bond donors (Lipinski definition) is 0. The summed E-state index contributed by atoms with van der Waals surface area (Å²) in [6.07, 6.45) is 1.61. The molecule has 0 saturated carbocycles. The van der Waals surface area contributed by atoms with E-state index in [0.717, 1.165) is 24.2 Å². The van der Waals surface area contributed by atoms with Crippen molar-refractivity contribution in [2.45, 2.75) is 78.5 Å². The highest BCUT2D eigenvalue weighted by Crippen LogP contribution is 2.38. The lowest BCUT2D eigenvalue weighted by Gasteiger charge is -2.53. The molecule has 1 saturated heterocycles. The van der Waals surface area contributed by atoms with Crippen LogP contribution in [0.3, 0.4) is 0 Å². The summed E-state index contributed by atoms with van der Waals surface area (Å²) >= 11 is 0. The van der Waals surface area contributed by atoms with Crippen molar-refractivity contribution in [3.63, 3.8) is 0 Å². The summed E-state index contributed by atoms with van der Waals surface area (Å²) < 4.78 is 11.4. The van der Waals surface area contributed by atoms with Crippen LogP contribution in [-0.4, -0.2) is 35.1 Å². The van der Waals surface area contributed by atoms with Crippen LogP contribution in [0.25, 0.3) is 0 Å². The molecule has 1 aliphatic heterocycles. The maximum atomic E-state index is 12.6. The fraction of sp³-hybridized carbons (Fsp3) is 0.722. The first-order chi connectivity index (χ1) is 9.95. The Bertz CT molecular complexity index is 565. The van der Waals surface area contributed by atoms with Gasteiger partial charge in [-0.3, -0.25) is 4.90 Å². The minimum Gasteiger partial charge on any atom is -0.465 e. The van der Waals surface area contributed by atoms with Gasteiger partial charge < -0.3 is 9.15 Å². The van der Waals surface area contributed by atoms with Gasteiger partial charge >= 0.3 is 5.97 Å². The summed E-state index contributed by atoms with van der Waals surface area (Å²) in [7, 11) is 2.14. The second-order valence-corrected chi connectivity index (χ2v) is 7.83. The molecule has 4 heteroatoms. The van der Waals surface area contributed by atoms with Crippen molar-refractivity contribution in [2.24, 2.45) is 0 Å². The number of nitrogens with zero attached hydrogens (tertiary/aromatic N) is 1. The second kappa shape index (κ2) is 5.41. The molecule has 4 nitrogen and oxygen atoms in total. The Morgan fingerprint density at radius 1 is 1.09 bits per heavy atom. The summed E-state index contributed by atoms with van der Waals surface area (Å²) in [6.45, 7) is 14.4. The SMILES string of the molecule is Cc1oc(C)c(C(=O)OC2CC(C)(C)N(C)C(C)(C)C2)c1C. The Morgan fingerprint density at radius 3 is 2.00 bits per heavy atom. The summed E-state index contributed by atoms with van der Waals surface area (Å²) in [6, 6.07) is 0. The zero-order valence-electron chi connectivity index (χ0n) is 15.2. The molecule has 0 spiro atoms. The van der Waals surface area contributed by atoms with Gasteiger partial charge in [-0.25, -0.2) is 4.79 Å². The average molecular weight is 307 g/mol. The number of carbonyl (C=O) groups excluding carboxylic acids is 1. The minimum atomic E-state index is -0.256. The van der Waals surface area contributed by atoms with Crippen LogP contribution in [0.2, 0.25) is 0 Å². The van der Waals surface area contributed by atoms with Crippen LogP contribution in [-0.2, 0) is 4.74 Å². The quantitative estimate of drug-likeness (QED) is 0.774. The number of esters is 1. The molecule has 0 bridgehead atoms. The Balaban J connectivity index is 2.19. The second-order valence-electron chi connectivity index (χ2n) is 7.83. The number of furan rings is 1. The molecule has 1 fully saturated rings. The van der Waals surface area contributed by atoms with Crippen molar-refractivity contribution >= 4 is 5.97 Å². The van der Waals surface area contributed by atoms with Gasteiger partial charge in [0.05, 0.1) is 0 Å². The molecule has 0 aliphatic carbocycles. The number of rotatable bonds is 2. The Kier molecular flexibility index (Phi) is 4.20. The van der Waals surface area contributed by atoms with E-state index < -0.39 is 0 Å². The molecule has 0 atom stereocenters. The smallest absolute Gasteiger partial charge is 0.342 e. The van der Waals surface area contributed by atoms with Crippen LogP contribution in [0.15, 0.2) is 4.42 Å². The number of hydrogen-bond acceptors (Lipinski definition) is 4. The lowest BCUT2D eigenvalue weighted by Crippen LogP contribution is -2.60. The summed E-state index contributed by atoms with van der Waals surface area (Å²) in [4.78, 5) is 15.0. The highest BCUT2D eigenvalue weighted by Gasteiger charge is 2.44. The lowest BCUT2D eigenvalue weighted by molar-refractivity contribution is -0.0732. The van der Waals surface area contributed by atoms with Gasteiger partial charge in [-0.15, -0.1) is 0 Å². The molecule has 0 aromatic carbocycles. The van der Waals surface area contributed by atoms with Gasteiger partial charge in [0.2, 0.25) is 0 Å². The van der Waals surface area contributed by atoms with E-state index in [0.29, 0.717) is 11.3 Å². The third-order valence-corrected chi connectivity index (χ3v) is 5.31. The zero-order chi connectivity index (χ0) is 16.9. The highest BCUT2D eigenvalue weighted by atomic mass is 16.5. The molecule has 1 aromatic heterocycles. The number of carbonyl (C=O) groups is 1. The fourth-order valence-corrected chi connectivity index (χ4v) is 3.67. The standard InChI is InChI=1S/C18H29NO3/c1-11-12(2)21-13(3)15(11)16(20)22-14-9-17(4,5)19(8)18(6,7)10-14/h14H,9-10H2,1-8H3. The molecule has 0 N–H and O–H groups in total. The first-order valence-corrected chi connectivity index (χ1v) is 7.97. The maximum Gasteiger partial charge on any atom is 0.342 e. The van der Waals surface area contributed by atoms with Crippen molar-refractivity contribution in [1.29, 1.82) is 0 Å². The molecule has 2 heterocycles. The highest BCUT2D eigenvalue weighted by molar-refractivity contribution is 5.92. The predicted molar refractivity (Wildman–Crippen MR) is 87.3 cm³/mol. The Morgan fingerprint density at radius 2 is 1.59 bits per heavy atom. The molecular formula is C18H29NO3. The van der Waals surface area contributed by atoms with E-state index in [1.807, 2.05) is 20.8 Å². The van der Waals surface area contributed by atoms with E-state index in [1.54, 1.807) is 0 Å². The molecule has 0 unspecified atom stereocenters. The maximum absolute atomic E-state index is 12.6. The normalized spacial score (nSPS) is 21.8. The Hall–Kier alpha value is -1.29. The van der Waals surface area contributed by atoms with Crippen LogP contribution in [0.1, 0.15) is 68.0 Å². The van der Waals surface area contributed by atoms with Crippen molar-refractivity contribution in [3.8, 4) is 0 Å². The lowest BCUT2D eigenvalue weighted by atomic mass is 9.78. The molecule has 22 heavy (non-hydrogen) atoms. The van der Waals surface area contributed by atoms with Crippen molar-refractivity contribution in [2.75, 3.05) is 7.05 Å². The number of likely N-dealkylation sites (tertiary alicyclic amines) is 1. The Labute approximate surface area is 133 Å². The van der Waals surface area contributed by atoms with E-state index in [1.165, 1.54) is 0 Å². The molecule has 1 aliphatic rings. The van der Waals surface area contributed by atoms with Gasteiger partial charge in [0.15, 0.2) is 0 Å².